The highest BCUT2D eigenvalue weighted by Gasteiger charge is 2.66. The third kappa shape index (κ3) is 2.54. The van der Waals surface area contributed by atoms with Crippen LogP contribution in [0.5, 0.6) is 5.75 Å². The van der Waals surface area contributed by atoms with E-state index in [0.717, 1.165) is 6.42 Å². The van der Waals surface area contributed by atoms with Gasteiger partial charge in [0.2, 0.25) is 17.6 Å². The second kappa shape index (κ2) is 6.56. The molecule has 0 radical (unpaired) electrons. The van der Waals surface area contributed by atoms with Crippen LogP contribution in [0.1, 0.15) is 17.0 Å². The van der Waals surface area contributed by atoms with E-state index >= 15 is 0 Å². The highest BCUT2D eigenvalue weighted by Crippen LogP contribution is 2.60. The summed E-state index contributed by atoms with van der Waals surface area (Å²) in [6, 6.07) is 9.50. The zero-order chi connectivity index (χ0) is 19.6. The molecule has 1 saturated heterocycles. The number of benzene rings is 1. The second-order valence-electron chi connectivity index (χ2n) is 7.38. The molecule has 6 nitrogen and oxygen atoms in total. The maximum atomic E-state index is 13.0. The summed E-state index contributed by atoms with van der Waals surface area (Å²) < 4.78 is 10.2. The lowest BCUT2D eigenvalue weighted by molar-refractivity contribution is -0.123. The maximum absolute atomic E-state index is 13.0. The average molecular weight is 509 g/mol. The quantitative estimate of drug-likeness (QED) is 0.273. The number of hydrogen-bond acceptors (Lipinski definition) is 5. The lowest BCUT2D eigenvalue weighted by Crippen LogP contribution is -2.37. The number of imide groups is 1. The second-order valence-corrected chi connectivity index (χ2v) is 9.49. The first-order valence-electron chi connectivity index (χ1n) is 8.99. The van der Waals surface area contributed by atoms with E-state index in [4.69, 9.17) is 9.15 Å². The number of anilines is 1. The molecule has 2 aliphatic carbocycles. The van der Waals surface area contributed by atoms with Crippen LogP contribution < -0.4 is 9.64 Å². The summed E-state index contributed by atoms with van der Waals surface area (Å²) in [6.07, 6.45) is 2.29. The number of esters is 1. The molecule has 28 heavy (non-hydrogen) atoms. The van der Waals surface area contributed by atoms with E-state index in [0.29, 0.717) is 11.4 Å². The van der Waals surface area contributed by atoms with Crippen LogP contribution in [-0.2, 0) is 9.59 Å². The highest BCUT2D eigenvalue weighted by molar-refractivity contribution is 9.12. The molecule has 2 heterocycles. The lowest BCUT2D eigenvalue weighted by atomic mass is 9.81. The Balaban J connectivity index is 1.36. The fraction of sp³-hybridized carbons (Fsp3) is 0.350. The number of rotatable bonds is 3. The van der Waals surface area contributed by atoms with Crippen molar-refractivity contribution in [3.8, 4) is 5.75 Å². The van der Waals surface area contributed by atoms with E-state index in [1.54, 1.807) is 30.3 Å². The van der Waals surface area contributed by atoms with Crippen molar-refractivity contribution in [3.05, 3.63) is 48.4 Å². The van der Waals surface area contributed by atoms with Crippen molar-refractivity contribution >= 4 is 55.3 Å². The van der Waals surface area contributed by atoms with Crippen LogP contribution in [0.15, 0.2) is 47.1 Å². The number of carbonyl (C=O) groups is 3. The molecule has 0 unspecified atom stereocenters. The third-order valence-corrected chi connectivity index (χ3v) is 9.22. The minimum Gasteiger partial charge on any atom is -0.457 e. The summed E-state index contributed by atoms with van der Waals surface area (Å²) in [5, 5.41) is 0. The molecule has 8 heteroatoms. The Labute approximate surface area is 177 Å². The first kappa shape index (κ1) is 18.1. The van der Waals surface area contributed by atoms with Gasteiger partial charge in [0, 0.05) is 9.65 Å². The number of ether oxygens (including phenoxy) is 1. The van der Waals surface area contributed by atoms with Gasteiger partial charge < -0.3 is 9.15 Å². The SMILES string of the molecule is O=C(Oc1ccc(N2C(=O)[C@@H]3[C@H]4C[C@@H]([C@H](Br)[C@H]4Br)[C@@H]3C2=O)cc1)c1ccco1. The van der Waals surface area contributed by atoms with E-state index in [2.05, 4.69) is 31.9 Å². The number of amides is 2. The summed E-state index contributed by atoms with van der Waals surface area (Å²) in [6.45, 7) is 0. The number of fused-ring (bicyclic) bond motifs is 5. The number of hydrogen-bond donors (Lipinski definition) is 0. The van der Waals surface area contributed by atoms with Crippen LogP contribution in [0.25, 0.3) is 0 Å². The zero-order valence-corrected chi connectivity index (χ0v) is 17.6. The van der Waals surface area contributed by atoms with E-state index in [9.17, 15) is 14.4 Å². The number of alkyl halides is 2. The fourth-order valence-corrected chi connectivity index (χ4v) is 6.69. The van der Waals surface area contributed by atoms with Crippen molar-refractivity contribution in [2.75, 3.05) is 4.90 Å². The highest BCUT2D eigenvalue weighted by atomic mass is 79.9. The summed E-state index contributed by atoms with van der Waals surface area (Å²) in [7, 11) is 0. The monoisotopic (exact) mass is 507 g/mol. The predicted octanol–water partition coefficient (Wildman–Crippen LogP) is 3.78. The number of carbonyl (C=O) groups excluding carboxylic acids is 3. The van der Waals surface area contributed by atoms with Crippen LogP contribution in [0.3, 0.4) is 0 Å². The van der Waals surface area contributed by atoms with Crippen LogP contribution in [0.2, 0.25) is 0 Å². The van der Waals surface area contributed by atoms with E-state index in [1.165, 1.54) is 17.2 Å². The molecule has 3 aliphatic rings. The van der Waals surface area contributed by atoms with Crippen molar-refractivity contribution in [3.63, 3.8) is 0 Å². The predicted molar refractivity (Wildman–Crippen MR) is 107 cm³/mol. The molecule has 2 bridgehead atoms. The van der Waals surface area contributed by atoms with Gasteiger partial charge in [0.1, 0.15) is 5.75 Å². The lowest BCUT2D eigenvalue weighted by Gasteiger charge is -2.28. The van der Waals surface area contributed by atoms with Gasteiger partial charge in [-0.2, -0.15) is 0 Å². The van der Waals surface area contributed by atoms with E-state index in [-0.39, 0.29) is 50.9 Å². The van der Waals surface area contributed by atoms with Gasteiger partial charge in [-0.25, -0.2) is 4.79 Å². The van der Waals surface area contributed by atoms with Gasteiger partial charge in [0.05, 0.1) is 23.8 Å². The molecule has 1 aromatic carbocycles. The van der Waals surface area contributed by atoms with Gasteiger partial charge in [0.25, 0.3) is 0 Å². The first-order chi connectivity index (χ1) is 13.5. The average Bonchev–Trinajstić information content (AvgIpc) is 3.44. The minimum atomic E-state index is -0.607. The van der Waals surface area contributed by atoms with Gasteiger partial charge >= 0.3 is 5.97 Å². The van der Waals surface area contributed by atoms with E-state index < -0.39 is 5.97 Å². The minimum absolute atomic E-state index is 0.103. The topological polar surface area (TPSA) is 76.8 Å². The standard InChI is InChI=1S/C20H15Br2NO5/c21-16-11-8-12(17(16)22)15-14(11)18(24)23(19(15)25)9-3-5-10(6-4-9)28-20(26)13-2-1-7-27-13/h1-7,11-12,14-17H,8H2/t11-,12-,14-,15+,16+,17+/m1/s1. The molecule has 6 atom stereocenters. The summed E-state index contributed by atoms with van der Waals surface area (Å²) >= 11 is 7.37. The Kier molecular flexibility index (Phi) is 4.24. The van der Waals surface area contributed by atoms with Crippen LogP contribution >= 0.6 is 31.9 Å². The molecule has 0 spiro atoms. The first-order valence-corrected chi connectivity index (χ1v) is 10.8. The largest absolute Gasteiger partial charge is 0.457 e. The molecule has 1 aromatic heterocycles. The maximum Gasteiger partial charge on any atom is 0.379 e. The van der Waals surface area contributed by atoms with Gasteiger partial charge in [0.15, 0.2) is 0 Å². The van der Waals surface area contributed by atoms with Gasteiger partial charge in [-0.05, 0) is 54.7 Å². The summed E-state index contributed by atoms with van der Waals surface area (Å²) in [5.41, 5.74) is 0.499. The van der Waals surface area contributed by atoms with Crippen molar-refractivity contribution in [1.29, 1.82) is 0 Å². The van der Waals surface area contributed by atoms with E-state index in [1.807, 2.05) is 0 Å². The zero-order valence-electron chi connectivity index (χ0n) is 14.5. The van der Waals surface area contributed by atoms with Gasteiger partial charge in [-0.15, -0.1) is 0 Å². The molecule has 2 aromatic rings. The Morgan fingerprint density at radius 1 is 1.00 bits per heavy atom. The Morgan fingerprint density at radius 2 is 1.61 bits per heavy atom. The van der Waals surface area contributed by atoms with Crippen LogP contribution in [-0.4, -0.2) is 27.4 Å². The van der Waals surface area contributed by atoms with Crippen molar-refractivity contribution in [1.82, 2.24) is 0 Å². The number of halogens is 2. The summed E-state index contributed by atoms with van der Waals surface area (Å²) in [4.78, 5) is 39.7. The smallest absolute Gasteiger partial charge is 0.379 e. The van der Waals surface area contributed by atoms with Crippen molar-refractivity contribution in [2.45, 2.75) is 16.1 Å². The molecule has 0 N–H and O–H groups in total. The number of nitrogens with zero attached hydrogens (tertiary/aromatic N) is 1. The molecular formula is C20H15Br2NO5. The van der Waals surface area contributed by atoms with Crippen LogP contribution in [0, 0.1) is 23.7 Å². The summed E-state index contributed by atoms with van der Waals surface area (Å²) in [5.74, 6) is -0.623. The fourth-order valence-electron chi connectivity index (χ4n) is 4.82. The van der Waals surface area contributed by atoms with Gasteiger partial charge in [-0.1, -0.05) is 31.9 Å². The number of furan rings is 1. The Morgan fingerprint density at radius 3 is 2.14 bits per heavy atom. The van der Waals surface area contributed by atoms with Gasteiger partial charge in [-0.3, -0.25) is 14.5 Å². The molecule has 3 fully saturated rings. The molecule has 2 amide bonds. The molecule has 5 rings (SSSR count). The molecule has 144 valence electrons. The third-order valence-electron chi connectivity index (χ3n) is 6.01. The molecule has 2 saturated carbocycles. The molecular weight excluding hydrogens is 494 g/mol. The Hall–Kier alpha value is -1.93. The normalized spacial score (nSPS) is 33.4. The Bertz CT molecular complexity index is 925. The van der Waals surface area contributed by atoms with Crippen molar-refractivity contribution in [2.24, 2.45) is 23.7 Å². The van der Waals surface area contributed by atoms with Crippen molar-refractivity contribution < 1.29 is 23.5 Å². The van der Waals surface area contributed by atoms with Crippen LogP contribution in [0.4, 0.5) is 5.69 Å². The molecule has 1 aliphatic heterocycles.